The van der Waals surface area contributed by atoms with Crippen LogP contribution in [0.25, 0.3) is 0 Å². The van der Waals surface area contributed by atoms with Gasteiger partial charge in [0.15, 0.2) is 0 Å². The van der Waals surface area contributed by atoms with Gasteiger partial charge >= 0.3 is 5.97 Å². The van der Waals surface area contributed by atoms with E-state index in [1.54, 1.807) is 0 Å². The van der Waals surface area contributed by atoms with E-state index in [1.165, 1.54) is 270 Å². The number of hydrogen-bond acceptors (Lipinski definition) is 5. The van der Waals surface area contributed by atoms with E-state index < -0.39 is 12.1 Å². The zero-order valence-corrected chi connectivity index (χ0v) is 44.3. The van der Waals surface area contributed by atoms with Gasteiger partial charge in [-0.15, -0.1) is 0 Å². The molecule has 2 unspecified atom stereocenters. The van der Waals surface area contributed by atoms with Crippen molar-refractivity contribution in [1.82, 2.24) is 5.32 Å². The van der Waals surface area contributed by atoms with Crippen LogP contribution in [0.5, 0.6) is 0 Å². The molecule has 1 amide bonds. The van der Waals surface area contributed by atoms with Crippen molar-refractivity contribution >= 4 is 11.9 Å². The highest BCUT2D eigenvalue weighted by atomic mass is 16.5. The van der Waals surface area contributed by atoms with E-state index in [2.05, 4.69) is 19.2 Å². The van der Waals surface area contributed by atoms with Crippen molar-refractivity contribution in [1.29, 1.82) is 0 Å². The first-order valence-electron chi connectivity index (χ1n) is 29.8. The van der Waals surface area contributed by atoms with Gasteiger partial charge in [0.05, 0.1) is 25.4 Å². The Kier molecular flexibility index (Phi) is 54.5. The number of amides is 1. The molecular formula is C59H117NO5. The number of carbonyl (C=O) groups is 2. The molecular weight excluding hydrogens is 803 g/mol. The van der Waals surface area contributed by atoms with E-state index >= 15 is 0 Å². The minimum atomic E-state index is -0.659. The number of esters is 1. The summed E-state index contributed by atoms with van der Waals surface area (Å²) >= 11 is 0. The average Bonchev–Trinajstić information content (AvgIpc) is 3.31. The number of aliphatic hydroxyl groups excluding tert-OH is 2. The molecule has 0 fully saturated rings. The smallest absolute Gasteiger partial charge is 0.305 e. The van der Waals surface area contributed by atoms with Crippen LogP contribution in [0.3, 0.4) is 0 Å². The van der Waals surface area contributed by atoms with Crippen molar-refractivity contribution < 1.29 is 24.5 Å². The number of carbonyl (C=O) groups excluding carboxylic acids is 2. The average molecular weight is 921 g/mol. The summed E-state index contributed by atoms with van der Waals surface area (Å²) in [5, 5.41) is 23.1. The highest BCUT2D eigenvalue weighted by Gasteiger charge is 2.20. The molecule has 0 aromatic heterocycles. The highest BCUT2D eigenvalue weighted by molar-refractivity contribution is 5.76. The van der Waals surface area contributed by atoms with E-state index in [1.807, 2.05) is 0 Å². The Morgan fingerprint density at radius 3 is 0.938 bits per heavy atom. The lowest BCUT2D eigenvalue weighted by molar-refractivity contribution is -0.143. The second-order valence-electron chi connectivity index (χ2n) is 20.7. The number of unbranched alkanes of at least 4 members (excludes halogenated alkanes) is 45. The van der Waals surface area contributed by atoms with Crippen molar-refractivity contribution in [3.63, 3.8) is 0 Å². The molecule has 0 spiro atoms. The summed E-state index contributed by atoms with van der Waals surface area (Å²) in [6.45, 7) is 4.96. The summed E-state index contributed by atoms with van der Waals surface area (Å²) in [7, 11) is 0. The summed E-state index contributed by atoms with van der Waals surface area (Å²) in [5.41, 5.74) is 0. The maximum absolute atomic E-state index is 12.4. The maximum atomic E-state index is 12.4. The molecule has 3 N–H and O–H groups in total. The predicted molar refractivity (Wildman–Crippen MR) is 283 cm³/mol. The number of aliphatic hydroxyl groups is 2. The fraction of sp³-hybridized carbons (Fsp3) is 0.966. The SMILES string of the molecule is CCCCCCCCCCCCCCCCCC(=O)OCCCCCCCCCCCCCCCCCCCCCCCCCCC(=O)NC(CO)C(O)CCCCCCCCCCC. The van der Waals surface area contributed by atoms with Crippen LogP contribution >= 0.6 is 0 Å². The Morgan fingerprint density at radius 1 is 0.369 bits per heavy atom. The Balaban J connectivity index is 3.31. The van der Waals surface area contributed by atoms with Crippen LogP contribution in [-0.4, -0.2) is 47.4 Å². The topological polar surface area (TPSA) is 95.9 Å². The minimum absolute atomic E-state index is 0.0190. The van der Waals surface area contributed by atoms with E-state index in [0.717, 1.165) is 38.5 Å². The molecule has 0 saturated carbocycles. The Morgan fingerprint density at radius 2 is 0.631 bits per heavy atom. The summed E-state index contributed by atoms with van der Waals surface area (Å²) < 4.78 is 5.49. The monoisotopic (exact) mass is 920 g/mol. The van der Waals surface area contributed by atoms with E-state index in [0.29, 0.717) is 25.9 Å². The fourth-order valence-corrected chi connectivity index (χ4v) is 9.58. The quantitative estimate of drug-likeness (QED) is 0.0417. The number of rotatable bonds is 56. The van der Waals surface area contributed by atoms with Crippen LogP contribution in [0, 0.1) is 0 Å². The molecule has 0 radical (unpaired) electrons. The van der Waals surface area contributed by atoms with Gasteiger partial charge in [0, 0.05) is 12.8 Å². The summed E-state index contributed by atoms with van der Waals surface area (Å²) in [6, 6.07) is -0.537. The van der Waals surface area contributed by atoms with Crippen LogP contribution in [0.15, 0.2) is 0 Å². The van der Waals surface area contributed by atoms with Gasteiger partial charge < -0.3 is 20.3 Å². The maximum Gasteiger partial charge on any atom is 0.305 e. The van der Waals surface area contributed by atoms with Crippen molar-refractivity contribution in [3.8, 4) is 0 Å². The van der Waals surface area contributed by atoms with Crippen molar-refractivity contribution in [3.05, 3.63) is 0 Å². The molecule has 6 heteroatoms. The van der Waals surface area contributed by atoms with Gasteiger partial charge in [-0.3, -0.25) is 9.59 Å². The minimum Gasteiger partial charge on any atom is -0.466 e. The molecule has 6 nitrogen and oxygen atoms in total. The summed E-state index contributed by atoms with van der Waals surface area (Å²) in [6.07, 6.45) is 64.0. The molecule has 2 atom stereocenters. The first kappa shape index (κ1) is 63.9. The Hall–Kier alpha value is -1.14. The fourth-order valence-electron chi connectivity index (χ4n) is 9.58. The molecule has 0 aliphatic rings. The van der Waals surface area contributed by atoms with E-state index in [4.69, 9.17) is 4.74 Å². The lowest BCUT2D eigenvalue weighted by Crippen LogP contribution is -2.45. The molecule has 0 heterocycles. The molecule has 0 bridgehead atoms. The molecule has 0 saturated heterocycles. The van der Waals surface area contributed by atoms with Crippen LogP contribution in [0.2, 0.25) is 0 Å². The molecule has 0 aromatic rings. The van der Waals surface area contributed by atoms with E-state index in [-0.39, 0.29) is 18.5 Å². The molecule has 0 rings (SSSR count). The predicted octanol–water partition coefficient (Wildman–Crippen LogP) is 18.3. The first-order chi connectivity index (χ1) is 32.0. The third-order valence-electron chi connectivity index (χ3n) is 14.2. The van der Waals surface area contributed by atoms with Gasteiger partial charge in [-0.05, 0) is 25.7 Å². The summed E-state index contributed by atoms with van der Waals surface area (Å²) in [4.78, 5) is 24.5. The van der Waals surface area contributed by atoms with Gasteiger partial charge in [0.25, 0.3) is 0 Å². The third kappa shape index (κ3) is 52.1. The van der Waals surface area contributed by atoms with Crippen molar-refractivity contribution in [2.75, 3.05) is 13.2 Å². The number of nitrogens with one attached hydrogen (secondary N) is 1. The van der Waals surface area contributed by atoms with Gasteiger partial charge in [-0.25, -0.2) is 0 Å². The van der Waals surface area contributed by atoms with E-state index in [9.17, 15) is 19.8 Å². The first-order valence-corrected chi connectivity index (χ1v) is 29.8. The molecule has 388 valence electrons. The van der Waals surface area contributed by atoms with Gasteiger partial charge in [0.2, 0.25) is 5.91 Å². The Labute approximate surface area is 406 Å². The third-order valence-corrected chi connectivity index (χ3v) is 14.2. The molecule has 0 aliphatic heterocycles. The molecule has 0 aliphatic carbocycles. The number of hydrogen-bond donors (Lipinski definition) is 3. The zero-order chi connectivity index (χ0) is 47.2. The van der Waals surface area contributed by atoms with Crippen molar-refractivity contribution in [2.45, 2.75) is 353 Å². The lowest BCUT2D eigenvalue weighted by Gasteiger charge is -2.22. The second-order valence-corrected chi connectivity index (χ2v) is 20.7. The van der Waals surface area contributed by atoms with Gasteiger partial charge in [-0.2, -0.15) is 0 Å². The zero-order valence-electron chi connectivity index (χ0n) is 44.3. The molecule has 65 heavy (non-hydrogen) atoms. The van der Waals surface area contributed by atoms with Crippen LogP contribution < -0.4 is 5.32 Å². The lowest BCUT2D eigenvalue weighted by atomic mass is 10.0. The standard InChI is InChI=1S/C59H117NO5/c1-3-5-7-9-11-13-14-15-26-30-33-37-41-45-49-53-59(64)65-54-50-46-42-38-34-31-28-25-23-21-19-17-16-18-20-22-24-27-29-32-36-40-44-48-52-58(63)60-56(55-61)57(62)51-47-43-39-35-12-10-8-6-4-2/h56-57,61-62H,3-55H2,1-2H3,(H,60,63). The number of ether oxygens (including phenoxy) is 1. The highest BCUT2D eigenvalue weighted by Crippen LogP contribution is 2.18. The van der Waals surface area contributed by atoms with Crippen LogP contribution in [0.4, 0.5) is 0 Å². The Bertz CT molecular complexity index is 928. The normalized spacial score (nSPS) is 12.5. The second kappa shape index (κ2) is 55.5. The van der Waals surface area contributed by atoms with Gasteiger partial charge in [0.1, 0.15) is 0 Å². The molecule has 0 aromatic carbocycles. The van der Waals surface area contributed by atoms with Crippen LogP contribution in [-0.2, 0) is 14.3 Å². The van der Waals surface area contributed by atoms with Crippen molar-refractivity contribution in [2.24, 2.45) is 0 Å². The largest absolute Gasteiger partial charge is 0.466 e. The van der Waals surface area contributed by atoms with Gasteiger partial charge in [-0.1, -0.05) is 303 Å². The summed E-state index contributed by atoms with van der Waals surface area (Å²) in [5.74, 6) is -0.0155. The van der Waals surface area contributed by atoms with Crippen LogP contribution in [0.1, 0.15) is 341 Å².